The fourth-order valence-corrected chi connectivity index (χ4v) is 7.99. The van der Waals surface area contributed by atoms with Crippen molar-refractivity contribution >= 4 is 32.5 Å². The van der Waals surface area contributed by atoms with Crippen molar-refractivity contribution in [3.8, 4) is 16.9 Å². The second-order valence-corrected chi connectivity index (χ2v) is 14.2. The maximum absolute atomic E-state index is 14.2. The predicted octanol–water partition coefficient (Wildman–Crippen LogP) is 4.70. The topological polar surface area (TPSA) is 124 Å². The van der Waals surface area contributed by atoms with Crippen LogP contribution in [0.25, 0.3) is 22.2 Å². The molecule has 2 saturated heterocycles. The molecule has 2 aromatic carbocycles. The van der Waals surface area contributed by atoms with Gasteiger partial charge in [-0.25, -0.2) is 13.4 Å². The SMILES string of the molecule is O=c1c(-c2ccccc2S(=O)(=O)C2CC2)cc2cnc(Nc3ccc(OC4CCCNC4)cc3)nc2n1CC1CCOCC1. The number of fused-ring (bicyclic) bond motifs is 1. The molecular formula is C33H37N5O5S. The molecule has 10 nitrogen and oxygen atoms in total. The lowest BCUT2D eigenvalue weighted by Crippen LogP contribution is -2.37. The van der Waals surface area contributed by atoms with Crippen molar-refractivity contribution in [1.29, 1.82) is 0 Å². The second kappa shape index (κ2) is 12.3. The molecule has 0 bridgehead atoms. The molecular weight excluding hydrogens is 578 g/mol. The van der Waals surface area contributed by atoms with Crippen LogP contribution < -0.4 is 20.9 Å². The van der Waals surface area contributed by atoms with Crippen LogP contribution >= 0.6 is 0 Å². The van der Waals surface area contributed by atoms with E-state index < -0.39 is 9.84 Å². The Bertz CT molecular complexity index is 1810. The third kappa shape index (κ3) is 6.09. The van der Waals surface area contributed by atoms with Gasteiger partial charge in [0.25, 0.3) is 5.56 Å². The van der Waals surface area contributed by atoms with Gasteiger partial charge in [-0.2, -0.15) is 4.98 Å². The molecule has 0 spiro atoms. The van der Waals surface area contributed by atoms with Crippen molar-refractivity contribution < 1.29 is 17.9 Å². The summed E-state index contributed by atoms with van der Waals surface area (Å²) in [5.74, 6) is 1.42. The van der Waals surface area contributed by atoms with E-state index in [1.54, 1.807) is 41.1 Å². The standard InChI is InChI=1S/C33H37N5O5S/c39-32-29(28-5-1-2-6-30(28)44(40,41)27-11-12-27)18-23-19-35-33(37-31(23)38(32)21-22-13-16-42-17-14-22)36-24-7-9-25(10-8-24)43-26-4-3-15-34-20-26/h1-2,5-10,18-19,22,26-27,34H,3-4,11-17,20-21H2,(H,35,36,37). The molecule has 3 fully saturated rings. The number of piperidine rings is 1. The molecule has 11 heteroatoms. The zero-order valence-electron chi connectivity index (χ0n) is 24.6. The molecule has 2 aliphatic heterocycles. The Morgan fingerprint density at radius 2 is 1.80 bits per heavy atom. The van der Waals surface area contributed by atoms with Gasteiger partial charge in [-0.05, 0) is 87.4 Å². The number of nitrogens with zero attached hydrogens (tertiary/aromatic N) is 3. The summed E-state index contributed by atoms with van der Waals surface area (Å²) in [5, 5.41) is 6.92. The first kappa shape index (κ1) is 28.9. The van der Waals surface area contributed by atoms with Crippen LogP contribution in [0.3, 0.4) is 0 Å². The number of hydrogen-bond donors (Lipinski definition) is 2. The van der Waals surface area contributed by atoms with E-state index in [4.69, 9.17) is 14.5 Å². The van der Waals surface area contributed by atoms with Crippen molar-refractivity contribution in [3.63, 3.8) is 0 Å². The van der Waals surface area contributed by atoms with Crippen molar-refractivity contribution in [2.45, 2.75) is 61.3 Å². The minimum absolute atomic E-state index is 0.171. The molecule has 0 amide bonds. The highest BCUT2D eigenvalue weighted by atomic mass is 32.2. The van der Waals surface area contributed by atoms with Crippen LogP contribution in [0.5, 0.6) is 5.75 Å². The number of hydrogen-bond acceptors (Lipinski definition) is 9. The van der Waals surface area contributed by atoms with E-state index in [-0.39, 0.29) is 27.7 Å². The van der Waals surface area contributed by atoms with E-state index in [0.29, 0.717) is 60.7 Å². The van der Waals surface area contributed by atoms with E-state index in [1.165, 1.54) is 0 Å². The molecule has 0 radical (unpaired) electrons. The third-order valence-corrected chi connectivity index (χ3v) is 11.0. The van der Waals surface area contributed by atoms with Crippen LogP contribution in [-0.2, 0) is 21.1 Å². The van der Waals surface area contributed by atoms with Gasteiger partial charge < -0.3 is 20.1 Å². The molecule has 4 heterocycles. The Balaban J connectivity index is 1.24. The van der Waals surface area contributed by atoms with Crippen molar-refractivity contribution in [2.75, 3.05) is 31.6 Å². The number of benzene rings is 2. The van der Waals surface area contributed by atoms with Gasteiger partial charge in [0.2, 0.25) is 5.95 Å². The molecule has 44 heavy (non-hydrogen) atoms. The van der Waals surface area contributed by atoms with Crippen LogP contribution in [0.1, 0.15) is 38.5 Å². The maximum Gasteiger partial charge on any atom is 0.260 e. The molecule has 4 aromatic rings. The molecule has 7 rings (SSSR count). The average Bonchev–Trinajstić information content (AvgIpc) is 3.91. The number of sulfone groups is 1. The first-order valence-corrected chi connectivity index (χ1v) is 17.1. The molecule has 230 valence electrons. The predicted molar refractivity (Wildman–Crippen MR) is 169 cm³/mol. The lowest BCUT2D eigenvalue weighted by molar-refractivity contribution is 0.0613. The van der Waals surface area contributed by atoms with Gasteiger partial charge in [0, 0.05) is 54.7 Å². The highest BCUT2D eigenvalue weighted by molar-refractivity contribution is 7.92. The van der Waals surface area contributed by atoms with Gasteiger partial charge >= 0.3 is 0 Å². The zero-order valence-corrected chi connectivity index (χ0v) is 25.4. The normalized spacial score (nSPS) is 19.6. The van der Waals surface area contributed by atoms with Crippen molar-refractivity contribution in [1.82, 2.24) is 19.9 Å². The van der Waals surface area contributed by atoms with Gasteiger partial charge in [0.15, 0.2) is 9.84 Å². The summed E-state index contributed by atoms with van der Waals surface area (Å²) in [6.45, 7) is 3.65. The highest BCUT2D eigenvalue weighted by Crippen LogP contribution is 2.38. The molecule has 1 aliphatic carbocycles. The minimum atomic E-state index is -3.53. The van der Waals surface area contributed by atoms with Gasteiger partial charge in [-0.15, -0.1) is 0 Å². The summed E-state index contributed by atoms with van der Waals surface area (Å²) in [5.41, 5.74) is 1.83. The summed E-state index contributed by atoms with van der Waals surface area (Å²) in [4.78, 5) is 23.8. The summed E-state index contributed by atoms with van der Waals surface area (Å²) in [7, 11) is -3.53. The number of pyridine rings is 1. The van der Waals surface area contributed by atoms with E-state index >= 15 is 0 Å². The summed E-state index contributed by atoms with van der Waals surface area (Å²) < 4.78 is 40.0. The summed E-state index contributed by atoms with van der Waals surface area (Å²) in [6, 6.07) is 16.3. The second-order valence-electron chi connectivity index (χ2n) is 12.0. The Hall–Kier alpha value is -3.80. The molecule has 2 N–H and O–H groups in total. The van der Waals surface area contributed by atoms with Crippen LogP contribution in [0.2, 0.25) is 0 Å². The first-order valence-electron chi connectivity index (χ1n) is 15.5. The van der Waals surface area contributed by atoms with Gasteiger partial charge in [0.05, 0.1) is 10.1 Å². The molecule has 1 unspecified atom stereocenters. The minimum Gasteiger partial charge on any atom is -0.489 e. The van der Waals surface area contributed by atoms with E-state index in [0.717, 1.165) is 50.2 Å². The number of rotatable bonds is 9. The number of nitrogens with one attached hydrogen (secondary N) is 2. The van der Waals surface area contributed by atoms with Crippen LogP contribution in [-0.4, -0.2) is 60.6 Å². The average molecular weight is 616 g/mol. The lowest BCUT2D eigenvalue weighted by atomic mass is 9.99. The maximum atomic E-state index is 14.2. The Labute approximate surface area is 256 Å². The fourth-order valence-electron chi connectivity index (χ4n) is 6.12. The Morgan fingerprint density at radius 1 is 1.00 bits per heavy atom. The smallest absolute Gasteiger partial charge is 0.260 e. The largest absolute Gasteiger partial charge is 0.489 e. The Morgan fingerprint density at radius 3 is 2.55 bits per heavy atom. The molecule has 1 atom stereocenters. The summed E-state index contributed by atoms with van der Waals surface area (Å²) >= 11 is 0. The number of anilines is 2. The number of aromatic nitrogens is 3. The molecule has 1 saturated carbocycles. The summed E-state index contributed by atoms with van der Waals surface area (Å²) in [6.07, 6.45) is 7.00. The zero-order chi connectivity index (χ0) is 30.1. The monoisotopic (exact) mass is 615 g/mol. The van der Waals surface area contributed by atoms with Gasteiger partial charge in [0.1, 0.15) is 17.5 Å². The highest BCUT2D eigenvalue weighted by Gasteiger charge is 2.38. The van der Waals surface area contributed by atoms with E-state index in [2.05, 4.69) is 15.6 Å². The van der Waals surface area contributed by atoms with E-state index in [1.807, 2.05) is 24.3 Å². The first-order chi connectivity index (χ1) is 21.5. The quantitative estimate of drug-likeness (QED) is 0.276. The van der Waals surface area contributed by atoms with Crippen LogP contribution in [0.4, 0.5) is 11.6 Å². The molecule has 2 aromatic heterocycles. The van der Waals surface area contributed by atoms with Gasteiger partial charge in [-0.3, -0.25) is 9.36 Å². The molecule has 3 aliphatic rings. The van der Waals surface area contributed by atoms with Crippen LogP contribution in [0, 0.1) is 5.92 Å². The number of ether oxygens (including phenoxy) is 2. The Kier molecular flexibility index (Phi) is 8.09. The third-order valence-electron chi connectivity index (χ3n) is 8.72. The van der Waals surface area contributed by atoms with Crippen molar-refractivity contribution in [2.24, 2.45) is 5.92 Å². The van der Waals surface area contributed by atoms with Crippen LogP contribution in [0.15, 0.2) is 70.5 Å². The lowest BCUT2D eigenvalue weighted by Gasteiger charge is -2.24. The van der Waals surface area contributed by atoms with Gasteiger partial charge in [-0.1, -0.05) is 18.2 Å². The van der Waals surface area contributed by atoms with Crippen molar-refractivity contribution in [3.05, 3.63) is 71.1 Å². The van der Waals surface area contributed by atoms with E-state index in [9.17, 15) is 13.2 Å². The fraction of sp³-hybridized carbons (Fsp3) is 0.424.